The number of fused-ring (bicyclic) bond motifs is 1. The minimum atomic E-state index is -4.73. The van der Waals surface area contributed by atoms with Crippen LogP contribution in [0.2, 0.25) is 0 Å². The molecule has 1 unspecified atom stereocenters. The summed E-state index contributed by atoms with van der Waals surface area (Å²) in [7, 11) is 0. The number of carbonyl (C=O) groups excluding carboxylic acids is 1. The molecule has 1 aliphatic heterocycles. The lowest BCUT2D eigenvalue weighted by Gasteiger charge is -2.21. The number of hydrogen-bond acceptors (Lipinski definition) is 5. The first-order chi connectivity index (χ1) is 16.1. The highest BCUT2D eigenvalue weighted by atomic mass is 19.4. The Morgan fingerprint density at radius 2 is 1.91 bits per heavy atom. The summed E-state index contributed by atoms with van der Waals surface area (Å²) in [5.74, 6) is -3.30. The van der Waals surface area contributed by atoms with Crippen LogP contribution in [-0.2, 0) is 0 Å². The van der Waals surface area contributed by atoms with Crippen molar-refractivity contribution in [2.75, 3.05) is 18.0 Å². The smallest absolute Gasteiger partial charge is 0.357 e. The first kappa shape index (κ1) is 23.6. The van der Waals surface area contributed by atoms with E-state index in [4.69, 9.17) is 0 Å². The lowest BCUT2D eigenvalue weighted by atomic mass is 10.1. The second kappa shape index (κ2) is 8.99. The van der Waals surface area contributed by atoms with E-state index in [2.05, 4.69) is 9.97 Å². The van der Waals surface area contributed by atoms with Crippen molar-refractivity contribution in [3.63, 3.8) is 0 Å². The Kier molecular flexibility index (Phi) is 6.24. The molecule has 1 amide bonds. The maximum absolute atomic E-state index is 14.6. The first-order valence-corrected chi connectivity index (χ1v) is 10.6. The normalized spacial score (nSPS) is 15.1. The van der Waals surface area contributed by atoms with Crippen LogP contribution in [0.25, 0.3) is 16.9 Å². The van der Waals surface area contributed by atoms with Gasteiger partial charge in [0, 0.05) is 25.4 Å². The molecule has 4 rings (SSSR count). The van der Waals surface area contributed by atoms with Gasteiger partial charge in [0.05, 0.1) is 11.6 Å². The van der Waals surface area contributed by atoms with E-state index in [0.717, 1.165) is 42.9 Å². The van der Waals surface area contributed by atoms with Gasteiger partial charge in [0.25, 0.3) is 5.91 Å². The van der Waals surface area contributed by atoms with Gasteiger partial charge in [-0.3, -0.25) is 14.2 Å². The predicted octanol–water partition coefficient (Wildman–Crippen LogP) is 3.73. The van der Waals surface area contributed by atoms with Crippen molar-refractivity contribution in [1.82, 2.24) is 19.9 Å². The highest BCUT2D eigenvalue weighted by molar-refractivity contribution is 5.97. The molecular weight excluding hydrogens is 461 g/mol. The highest BCUT2D eigenvalue weighted by Gasteiger charge is 2.39. The number of halogens is 5. The van der Waals surface area contributed by atoms with Crippen LogP contribution in [0.4, 0.5) is 27.8 Å². The van der Waals surface area contributed by atoms with Gasteiger partial charge in [0.1, 0.15) is 23.2 Å². The molecule has 0 saturated carbocycles. The molecule has 3 aromatic heterocycles. The Morgan fingerprint density at radius 3 is 2.53 bits per heavy atom. The van der Waals surface area contributed by atoms with Crippen molar-refractivity contribution in [2.24, 2.45) is 0 Å². The van der Waals surface area contributed by atoms with Crippen LogP contribution in [0, 0.1) is 11.6 Å². The zero-order chi connectivity index (χ0) is 24.6. The SMILES string of the molecule is CCC(NC(=O)c1cn(-c2ncc(F)cc2F)c2nc(N3CCCC3)ccc2c1=O)C(F)(F)F. The summed E-state index contributed by atoms with van der Waals surface area (Å²) in [5.41, 5.74) is -1.59. The van der Waals surface area contributed by atoms with E-state index in [-0.39, 0.29) is 11.0 Å². The van der Waals surface area contributed by atoms with Gasteiger partial charge in [-0.05, 0) is 31.4 Å². The van der Waals surface area contributed by atoms with Crippen LogP contribution in [0.15, 0.2) is 35.4 Å². The number of pyridine rings is 3. The molecule has 180 valence electrons. The lowest BCUT2D eigenvalue weighted by molar-refractivity contribution is -0.153. The standard InChI is InChI=1S/C22H20F5N5O2/c1-2-16(22(25,26)27)29-21(34)14-11-32(20-15(24)9-12(23)10-28-20)19-13(18(14)33)5-6-17(30-19)31-7-3-4-8-31/h5-6,9-11,16H,2-4,7-8H2,1H3,(H,29,34). The van der Waals surface area contributed by atoms with Gasteiger partial charge in [0.2, 0.25) is 5.43 Å². The Bertz CT molecular complexity index is 1300. The Balaban J connectivity index is 1.91. The number of rotatable bonds is 5. The van der Waals surface area contributed by atoms with Gasteiger partial charge in [-0.15, -0.1) is 0 Å². The monoisotopic (exact) mass is 481 g/mol. The van der Waals surface area contributed by atoms with Gasteiger partial charge >= 0.3 is 6.18 Å². The number of amides is 1. The Labute approximate surface area is 190 Å². The third-order valence-electron chi connectivity index (χ3n) is 5.64. The molecule has 1 aliphatic rings. The number of hydrogen-bond donors (Lipinski definition) is 1. The second-order valence-electron chi connectivity index (χ2n) is 7.91. The van der Waals surface area contributed by atoms with Crippen LogP contribution in [0.3, 0.4) is 0 Å². The van der Waals surface area contributed by atoms with Crippen molar-refractivity contribution in [1.29, 1.82) is 0 Å². The van der Waals surface area contributed by atoms with Crippen LogP contribution < -0.4 is 15.6 Å². The number of anilines is 1. The molecule has 7 nitrogen and oxygen atoms in total. The largest absolute Gasteiger partial charge is 0.408 e. The molecule has 1 N–H and O–H groups in total. The number of nitrogens with one attached hydrogen (secondary N) is 1. The van der Waals surface area contributed by atoms with E-state index in [1.807, 2.05) is 4.90 Å². The maximum Gasteiger partial charge on any atom is 0.408 e. The lowest BCUT2D eigenvalue weighted by Crippen LogP contribution is -2.46. The van der Waals surface area contributed by atoms with Gasteiger partial charge in [-0.1, -0.05) is 6.92 Å². The second-order valence-corrected chi connectivity index (χ2v) is 7.91. The molecule has 34 heavy (non-hydrogen) atoms. The quantitative estimate of drug-likeness (QED) is 0.562. The highest BCUT2D eigenvalue weighted by Crippen LogP contribution is 2.25. The first-order valence-electron chi connectivity index (χ1n) is 10.6. The van der Waals surface area contributed by atoms with Crippen LogP contribution >= 0.6 is 0 Å². The molecule has 4 heterocycles. The summed E-state index contributed by atoms with van der Waals surface area (Å²) in [4.78, 5) is 35.9. The van der Waals surface area contributed by atoms with E-state index in [9.17, 15) is 31.5 Å². The fourth-order valence-corrected chi connectivity index (χ4v) is 3.87. The molecule has 0 aliphatic carbocycles. The summed E-state index contributed by atoms with van der Waals surface area (Å²) < 4.78 is 68.6. The maximum atomic E-state index is 14.6. The van der Waals surface area contributed by atoms with Gasteiger partial charge in [-0.2, -0.15) is 13.2 Å². The zero-order valence-electron chi connectivity index (χ0n) is 18.0. The number of carbonyl (C=O) groups is 1. The minimum absolute atomic E-state index is 0.0631. The third-order valence-corrected chi connectivity index (χ3v) is 5.64. The molecule has 1 fully saturated rings. The molecule has 3 aromatic rings. The van der Waals surface area contributed by atoms with E-state index in [1.54, 1.807) is 11.4 Å². The molecule has 0 radical (unpaired) electrons. The van der Waals surface area contributed by atoms with Crippen molar-refractivity contribution >= 4 is 22.8 Å². The van der Waals surface area contributed by atoms with Gasteiger partial charge in [-0.25, -0.2) is 18.7 Å². The van der Waals surface area contributed by atoms with Crippen molar-refractivity contribution < 1.29 is 26.7 Å². The van der Waals surface area contributed by atoms with Gasteiger partial charge in [0.15, 0.2) is 17.3 Å². The molecule has 1 atom stereocenters. The Morgan fingerprint density at radius 1 is 1.21 bits per heavy atom. The number of aromatic nitrogens is 3. The topological polar surface area (TPSA) is 80.1 Å². The molecule has 0 spiro atoms. The van der Waals surface area contributed by atoms with Crippen LogP contribution in [0.1, 0.15) is 36.5 Å². The Hall–Kier alpha value is -3.57. The van der Waals surface area contributed by atoms with E-state index < -0.39 is 53.0 Å². The summed E-state index contributed by atoms with van der Waals surface area (Å²) in [6, 6.07) is 1.32. The summed E-state index contributed by atoms with van der Waals surface area (Å²) in [6.45, 7) is 2.68. The average molecular weight is 481 g/mol. The summed E-state index contributed by atoms with van der Waals surface area (Å²) in [6.07, 6.45) is -1.67. The van der Waals surface area contributed by atoms with Crippen molar-refractivity contribution in [3.8, 4) is 5.82 Å². The fourth-order valence-electron chi connectivity index (χ4n) is 3.87. The van der Waals surface area contributed by atoms with E-state index in [1.165, 1.54) is 13.0 Å². The number of alkyl halides is 3. The molecule has 1 saturated heterocycles. The third kappa shape index (κ3) is 4.44. The minimum Gasteiger partial charge on any atom is -0.357 e. The molecular formula is C22H20F5N5O2. The van der Waals surface area contributed by atoms with Gasteiger partial charge < -0.3 is 10.2 Å². The fraction of sp³-hybridized carbons (Fsp3) is 0.364. The van der Waals surface area contributed by atoms with Crippen LogP contribution in [0.5, 0.6) is 0 Å². The molecule has 0 aromatic carbocycles. The van der Waals surface area contributed by atoms with Crippen molar-refractivity contribution in [2.45, 2.75) is 38.4 Å². The van der Waals surface area contributed by atoms with Crippen LogP contribution in [-0.4, -0.2) is 45.7 Å². The predicted molar refractivity (Wildman–Crippen MR) is 114 cm³/mol. The zero-order valence-corrected chi connectivity index (χ0v) is 18.0. The number of nitrogens with zero attached hydrogens (tertiary/aromatic N) is 4. The average Bonchev–Trinajstić information content (AvgIpc) is 3.32. The molecule has 0 bridgehead atoms. The van der Waals surface area contributed by atoms with E-state index >= 15 is 0 Å². The van der Waals surface area contributed by atoms with Crippen molar-refractivity contribution in [3.05, 3.63) is 58.0 Å². The summed E-state index contributed by atoms with van der Waals surface area (Å²) in [5, 5.41) is 1.68. The van der Waals surface area contributed by atoms with E-state index in [0.29, 0.717) is 11.9 Å². The summed E-state index contributed by atoms with van der Waals surface area (Å²) >= 11 is 0. The molecule has 12 heteroatoms.